The van der Waals surface area contributed by atoms with E-state index in [1.807, 2.05) is 30.3 Å². The minimum Gasteiger partial charge on any atom is -0.270 e. The molecule has 0 saturated carbocycles. The van der Waals surface area contributed by atoms with Gasteiger partial charge in [0.15, 0.2) is 0 Å². The van der Waals surface area contributed by atoms with Crippen LogP contribution in [0.2, 0.25) is 0 Å². The van der Waals surface area contributed by atoms with Crippen molar-refractivity contribution in [2.75, 3.05) is 4.90 Å². The fraction of sp³-hybridized carbons (Fsp3) is 0.0526. The number of hydrogen-bond acceptors (Lipinski definition) is 4. The number of nitrogens with zero attached hydrogens (tertiary/aromatic N) is 2. The fourth-order valence-corrected chi connectivity index (χ4v) is 2.98. The van der Waals surface area contributed by atoms with Crippen molar-refractivity contribution in [1.82, 2.24) is 4.90 Å². The third-order valence-corrected chi connectivity index (χ3v) is 4.21. The zero-order valence-electron chi connectivity index (χ0n) is 13.0. The molecule has 0 spiro atoms. The van der Waals surface area contributed by atoms with Crippen LogP contribution in [0, 0.1) is 0 Å². The van der Waals surface area contributed by atoms with Gasteiger partial charge in [0, 0.05) is 12.2 Å². The molecule has 4 rings (SSSR count). The summed E-state index contributed by atoms with van der Waals surface area (Å²) in [5.41, 5.74) is 1.59. The molecule has 25 heavy (non-hydrogen) atoms. The molecular formula is C19H12N2O4. The Morgan fingerprint density at radius 1 is 0.720 bits per heavy atom. The molecule has 0 bridgehead atoms. The Labute approximate surface area is 143 Å². The SMILES string of the molecule is O=C1c2ccc(N3C(=O)C=CC3=O)cc2C(=O)N1Cc1ccccc1. The van der Waals surface area contributed by atoms with E-state index in [2.05, 4.69) is 0 Å². The van der Waals surface area contributed by atoms with Gasteiger partial charge in [-0.1, -0.05) is 30.3 Å². The minimum absolute atomic E-state index is 0.172. The van der Waals surface area contributed by atoms with Gasteiger partial charge in [-0.25, -0.2) is 4.90 Å². The first-order chi connectivity index (χ1) is 12.1. The van der Waals surface area contributed by atoms with Crippen LogP contribution in [0.15, 0.2) is 60.7 Å². The van der Waals surface area contributed by atoms with Gasteiger partial charge in [-0.05, 0) is 23.8 Å². The van der Waals surface area contributed by atoms with Crippen molar-refractivity contribution in [3.63, 3.8) is 0 Å². The van der Waals surface area contributed by atoms with E-state index in [0.717, 1.165) is 15.4 Å². The average molecular weight is 332 g/mol. The van der Waals surface area contributed by atoms with E-state index in [-0.39, 0.29) is 29.3 Å². The molecular weight excluding hydrogens is 320 g/mol. The number of rotatable bonds is 3. The Morgan fingerprint density at radius 3 is 2.04 bits per heavy atom. The zero-order valence-corrected chi connectivity index (χ0v) is 13.0. The lowest BCUT2D eigenvalue weighted by Gasteiger charge is -2.14. The lowest BCUT2D eigenvalue weighted by atomic mass is 10.1. The van der Waals surface area contributed by atoms with E-state index in [1.54, 1.807) is 0 Å². The van der Waals surface area contributed by atoms with E-state index < -0.39 is 17.7 Å². The zero-order chi connectivity index (χ0) is 17.6. The summed E-state index contributed by atoms with van der Waals surface area (Å²) in [6, 6.07) is 13.6. The summed E-state index contributed by atoms with van der Waals surface area (Å²) in [5, 5.41) is 0. The summed E-state index contributed by atoms with van der Waals surface area (Å²) in [5.74, 6) is -1.75. The van der Waals surface area contributed by atoms with E-state index in [0.29, 0.717) is 0 Å². The predicted octanol–water partition coefficient (Wildman–Crippen LogP) is 1.91. The van der Waals surface area contributed by atoms with Gasteiger partial charge in [0.25, 0.3) is 23.6 Å². The van der Waals surface area contributed by atoms with Crippen LogP contribution in [0.5, 0.6) is 0 Å². The Bertz CT molecular complexity index is 945. The smallest absolute Gasteiger partial charge is 0.261 e. The number of carbonyl (C=O) groups excluding carboxylic acids is 4. The molecule has 0 aromatic heterocycles. The molecule has 6 nitrogen and oxygen atoms in total. The first kappa shape index (κ1) is 15.0. The fourth-order valence-electron chi connectivity index (χ4n) is 2.98. The van der Waals surface area contributed by atoms with Crippen LogP contribution >= 0.6 is 0 Å². The lowest BCUT2D eigenvalue weighted by molar-refractivity contribution is -0.119. The largest absolute Gasteiger partial charge is 0.270 e. The highest BCUT2D eigenvalue weighted by Crippen LogP contribution is 2.29. The molecule has 0 saturated heterocycles. The molecule has 6 heteroatoms. The number of hydrogen-bond donors (Lipinski definition) is 0. The minimum atomic E-state index is -0.470. The summed E-state index contributed by atoms with van der Waals surface area (Å²) in [6.07, 6.45) is 2.34. The number of fused-ring (bicyclic) bond motifs is 1. The monoisotopic (exact) mass is 332 g/mol. The van der Waals surface area contributed by atoms with Gasteiger partial charge in [-0.15, -0.1) is 0 Å². The second-order valence-corrected chi connectivity index (χ2v) is 5.76. The number of imide groups is 2. The maximum atomic E-state index is 12.6. The lowest BCUT2D eigenvalue weighted by Crippen LogP contribution is -2.30. The van der Waals surface area contributed by atoms with Gasteiger partial charge in [0.1, 0.15) is 0 Å². The van der Waals surface area contributed by atoms with Gasteiger partial charge >= 0.3 is 0 Å². The van der Waals surface area contributed by atoms with Crippen LogP contribution < -0.4 is 4.90 Å². The van der Waals surface area contributed by atoms with Crippen molar-refractivity contribution in [1.29, 1.82) is 0 Å². The Kier molecular flexibility index (Phi) is 3.32. The first-order valence-electron chi connectivity index (χ1n) is 7.66. The highest BCUT2D eigenvalue weighted by atomic mass is 16.2. The molecule has 0 aliphatic carbocycles. The number of amides is 4. The second kappa shape index (κ2) is 5.52. The van der Waals surface area contributed by atoms with Crippen molar-refractivity contribution in [2.24, 2.45) is 0 Å². The summed E-state index contributed by atoms with van der Waals surface area (Å²) >= 11 is 0. The van der Waals surface area contributed by atoms with E-state index >= 15 is 0 Å². The number of benzene rings is 2. The third-order valence-electron chi connectivity index (χ3n) is 4.21. The Hall–Kier alpha value is -3.54. The van der Waals surface area contributed by atoms with Crippen LogP contribution in [-0.4, -0.2) is 28.5 Å². The summed E-state index contributed by atoms with van der Waals surface area (Å²) in [6.45, 7) is 0.172. The molecule has 122 valence electrons. The van der Waals surface area contributed by atoms with Crippen molar-refractivity contribution < 1.29 is 19.2 Å². The molecule has 0 radical (unpaired) electrons. The molecule has 0 N–H and O–H groups in total. The summed E-state index contributed by atoms with van der Waals surface area (Å²) < 4.78 is 0. The van der Waals surface area contributed by atoms with Crippen LogP contribution in [0.1, 0.15) is 26.3 Å². The van der Waals surface area contributed by atoms with Crippen molar-refractivity contribution in [3.05, 3.63) is 77.4 Å². The normalized spacial score (nSPS) is 16.2. The van der Waals surface area contributed by atoms with E-state index in [1.165, 1.54) is 30.4 Å². The quantitative estimate of drug-likeness (QED) is 0.805. The standard InChI is InChI=1S/C19H12N2O4/c22-16-8-9-17(23)21(16)13-6-7-14-15(10-13)19(25)20(18(14)24)11-12-4-2-1-3-5-12/h1-10H,11H2. The Balaban J connectivity index is 1.67. The molecule has 2 aromatic carbocycles. The molecule has 2 aliphatic heterocycles. The molecule has 2 heterocycles. The highest BCUT2D eigenvalue weighted by molar-refractivity contribution is 6.29. The van der Waals surface area contributed by atoms with Gasteiger partial charge in [-0.2, -0.15) is 0 Å². The van der Waals surface area contributed by atoms with Crippen LogP contribution in [0.3, 0.4) is 0 Å². The number of anilines is 1. The predicted molar refractivity (Wildman–Crippen MR) is 88.7 cm³/mol. The van der Waals surface area contributed by atoms with E-state index in [4.69, 9.17) is 0 Å². The molecule has 0 fully saturated rings. The first-order valence-corrected chi connectivity index (χ1v) is 7.66. The molecule has 0 atom stereocenters. The van der Waals surface area contributed by atoms with Crippen LogP contribution in [0.25, 0.3) is 0 Å². The van der Waals surface area contributed by atoms with Gasteiger partial charge in [0.05, 0.1) is 23.4 Å². The maximum absolute atomic E-state index is 12.6. The van der Waals surface area contributed by atoms with Crippen LogP contribution in [0.4, 0.5) is 5.69 Å². The molecule has 4 amide bonds. The van der Waals surface area contributed by atoms with Gasteiger partial charge in [-0.3, -0.25) is 24.1 Å². The maximum Gasteiger partial charge on any atom is 0.261 e. The average Bonchev–Trinajstić information content (AvgIpc) is 3.07. The molecule has 2 aliphatic rings. The van der Waals surface area contributed by atoms with Crippen molar-refractivity contribution in [3.8, 4) is 0 Å². The van der Waals surface area contributed by atoms with Crippen LogP contribution in [-0.2, 0) is 16.1 Å². The summed E-state index contributed by atoms with van der Waals surface area (Å²) in [7, 11) is 0. The highest BCUT2D eigenvalue weighted by Gasteiger charge is 2.37. The van der Waals surface area contributed by atoms with Crippen molar-refractivity contribution >= 4 is 29.3 Å². The van der Waals surface area contributed by atoms with Gasteiger partial charge < -0.3 is 0 Å². The van der Waals surface area contributed by atoms with E-state index in [9.17, 15) is 19.2 Å². The van der Waals surface area contributed by atoms with Gasteiger partial charge in [0.2, 0.25) is 0 Å². The molecule has 2 aromatic rings. The second-order valence-electron chi connectivity index (χ2n) is 5.76. The number of carbonyl (C=O) groups is 4. The van der Waals surface area contributed by atoms with Crippen molar-refractivity contribution in [2.45, 2.75) is 6.54 Å². The third kappa shape index (κ3) is 2.35. The topological polar surface area (TPSA) is 74.8 Å². The summed E-state index contributed by atoms with van der Waals surface area (Å²) in [4.78, 5) is 50.9. The Morgan fingerprint density at radius 2 is 1.36 bits per heavy atom. The molecule has 0 unspecified atom stereocenters.